The van der Waals surface area contributed by atoms with Gasteiger partial charge in [0.1, 0.15) is 11.6 Å². The van der Waals surface area contributed by atoms with Gasteiger partial charge >= 0.3 is 0 Å². The average Bonchev–Trinajstić information content (AvgIpc) is 2.40. The van der Waals surface area contributed by atoms with Crippen LogP contribution in [0.25, 0.3) is 0 Å². The maximum Gasteiger partial charge on any atom is 0.219 e. The summed E-state index contributed by atoms with van der Waals surface area (Å²) in [5, 5.41) is 7.32. The normalized spacial score (nSPS) is 10.3. The highest BCUT2D eigenvalue weighted by Crippen LogP contribution is 2.29. The minimum absolute atomic E-state index is 0.00182. The number of nitrogen functional groups attached to an aromatic ring is 1. The summed E-state index contributed by atoms with van der Waals surface area (Å²) in [4.78, 5) is 4.16. The largest absolute Gasteiger partial charge is 0.438 e. The van der Waals surface area contributed by atoms with Crippen LogP contribution in [-0.2, 0) is 0 Å². The van der Waals surface area contributed by atoms with E-state index in [4.69, 9.17) is 15.9 Å². The van der Waals surface area contributed by atoms with Crippen molar-refractivity contribution in [2.45, 2.75) is 20.8 Å². The van der Waals surface area contributed by atoms with Crippen molar-refractivity contribution in [3.63, 3.8) is 0 Å². The molecule has 0 atom stereocenters. The van der Waals surface area contributed by atoms with Gasteiger partial charge in [0, 0.05) is 17.8 Å². The first-order valence-corrected chi connectivity index (χ1v) is 6.04. The fourth-order valence-electron chi connectivity index (χ4n) is 1.79. The third-order valence-electron chi connectivity index (χ3n) is 3.13. The Morgan fingerprint density at radius 2 is 1.79 bits per heavy atom. The van der Waals surface area contributed by atoms with Crippen molar-refractivity contribution in [1.29, 1.82) is 5.41 Å². The van der Waals surface area contributed by atoms with E-state index in [1.165, 1.54) is 11.8 Å². The molecule has 0 amide bonds. The molecule has 0 radical (unpaired) electrons. The zero-order valence-electron chi connectivity index (χ0n) is 11.3. The van der Waals surface area contributed by atoms with Crippen LogP contribution in [0.4, 0.5) is 0 Å². The maximum atomic E-state index is 7.32. The predicted molar refractivity (Wildman–Crippen MR) is 76.0 cm³/mol. The van der Waals surface area contributed by atoms with Crippen LogP contribution in [0.2, 0.25) is 0 Å². The second kappa shape index (κ2) is 5.10. The van der Waals surface area contributed by atoms with Gasteiger partial charge in [-0.25, -0.2) is 4.98 Å². The summed E-state index contributed by atoms with van der Waals surface area (Å²) in [6, 6.07) is 7.55. The SMILES string of the molecule is Cc1ccc(C)c(Oc2ccc(C(=N)N)cn2)c1C. The molecule has 19 heavy (non-hydrogen) atoms. The Morgan fingerprint density at radius 1 is 1.11 bits per heavy atom. The van der Waals surface area contributed by atoms with Crippen LogP contribution in [0.1, 0.15) is 22.3 Å². The molecule has 1 aromatic carbocycles. The highest BCUT2D eigenvalue weighted by molar-refractivity contribution is 5.94. The topological polar surface area (TPSA) is 72.0 Å². The van der Waals surface area contributed by atoms with Crippen LogP contribution >= 0.6 is 0 Å². The molecule has 0 bridgehead atoms. The van der Waals surface area contributed by atoms with Crippen molar-refractivity contribution in [2.75, 3.05) is 0 Å². The maximum absolute atomic E-state index is 7.32. The summed E-state index contributed by atoms with van der Waals surface area (Å²) < 4.78 is 5.83. The molecule has 0 spiro atoms. The van der Waals surface area contributed by atoms with E-state index in [1.807, 2.05) is 26.8 Å². The van der Waals surface area contributed by atoms with E-state index in [0.717, 1.165) is 16.9 Å². The number of aryl methyl sites for hydroxylation is 2. The minimum atomic E-state index is 0.00182. The Balaban J connectivity index is 2.31. The van der Waals surface area contributed by atoms with Gasteiger partial charge in [-0.1, -0.05) is 12.1 Å². The molecular weight excluding hydrogens is 238 g/mol. The lowest BCUT2D eigenvalue weighted by molar-refractivity contribution is 0.455. The van der Waals surface area contributed by atoms with Gasteiger partial charge in [0.05, 0.1) is 0 Å². The number of hydrogen-bond acceptors (Lipinski definition) is 3. The Morgan fingerprint density at radius 3 is 2.37 bits per heavy atom. The number of rotatable bonds is 3. The summed E-state index contributed by atoms with van der Waals surface area (Å²) in [6.45, 7) is 6.08. The molecule has 2 rings (SSSR count). The smallest absolute Gasteiger partial charge is 0.219 e. The van der Waals surface area contributed by atoms with Gasteiger partial charge in [0.2, 0.25) is 5.88 Å². The summed E-state index contributed by atoms with van der Waals surface area (Å²) in [5.74, 6) is 1.34. The van der Waals surface area contributed by atoms with Gasteiger partial charge in [-0.15, -0.1) is 0 Å². The van der Waals surface area contributed by atoms with Gasteiger partial charge in [0.15, 0.2) is 0 Å². The average molecular weight is 255 g/mol. The van der Waals surface area contributed by atoms with Crippen LogP contribution in [0.3, 0.4) is 0 Å². The Labute approximate surface area is 112 Å². The Kier molecular flexibility index (Phi) is 3.51. The number of ether oxygens (including phenoxy) is 1. The van der Waals surface area contributed by atoms with Crippen LogP contribution in [0, 0.1) is 26.2 Å². The molecule has 0 fully saturated rings. The molecule has 0 aliphatic carbocycles. The van der Waals surface area contributed by atoms with E-state index in [1.54, 1.807) is 12.1 Å². The molecule has 1 heterocycles. The summed E-state index contributed by atoms with van der Waals surface area (Å²) in [5.41, 5.74) is 9.34. The molecule has 0 saturated heterocycles. The van der Waals surface area contributed by atoms with E-state index in [2.05, 4.69) is 11.1 Å². The second-order valence-electron chi connectivity index (χ2n) is 4.55. The van der Waals surface area contributed by atoms with E-state index < -0.39 is 0 Å². The number of amidine groups is 1. The molecule has 4 heteroatoms. The zero-order chi connectivity index (χ0) is 14.0. The van der Waals surface area contributed by atoms with E-state index in [-0.39, 0.29) is 5.84 Å². The van der Waals surface area contributed by atoms with Crippen LogP contribution < -0.4 is 10.5 Å². The van der Waals surface area contributed by atoms with E-state index >= 15 is 0 Å². The minimum Gasteiger partial charge on any atom is -0.438 e. The Bertz CT molecular complexity index is 618. The first-order valence-electron chi connectivity index (χ1n) is 6.04. The number of nitrogens with zero attached hydrogens (tertiary/aromatic N) is 1. The number of aromatic nitrogens is 1. The highest BCUT2D eigenvalue weighted by atomic mass is 16.5. The third kappa shape index (κ3) is 2.73. The van der Waals surface area contributed by atoms with Crippen molar-refractivity contribution in [3.8, 4) is 11.6 Å². The van der Waals surface area contributed by atoms with Gasteiger partial charge in [-0.3, -0.25) is 5.41 Å². The van der Waals surface area contributed by atoms with Crippen molar-refractivity contribution in [1.82, 2.24) is 4.98 Å². The molecule has 1 aromatic heterocycles. The molecule has 98 valence electrons. The quantitative estimate of drug-likeness (QED) is 0.654. The second-order valence-corrected chi connectivity index (χ2v) is 4.55. The molecule has 0 aliphatic rings. The van der Waals surface area contributed by atoms with E-state index in [9.17, 15) is 0 Å². The summed E-state index contributed by atoms with van der Waals surface area (Å²) >= 11 is 0. The summed E-state index contributed by atoms with van der Waals surface area (Å²) in [7, 11) is 0. The molecule has 3 N–H and O–H groups in total. The Hall–Kier alpha value is -2.36. The summed E-state index contributed by atoms with van der Waals surface area (Å²) in [6.07, 6.45) is 1.54. The number of benzene rings is 1. The van der Waals surface area contributed by atoms with Crippen LogP contribution in [-0.4, -0.2) is 10.8 Å². The molecule has 0 aliphatic heterocycles. The molecular formula is C15H17N3O. The molecule has 0 saturated carbocycles. The van der Waals surface area contributed by atoms with Gasteiger partial charge in [0.25, 0.3) is 0 Å². The van der Waals surface area contributed by atoms with Gasteiger partial charge in [-0.05, 0) is 43.5 Å². The fourth-order valence-corrected chi connectivity index (χ4v) is 1.79. The standard InChI is InChI=1S/C15H17N3O/c1-9-4-5-10(2)14(11(9)3)19-13-7-6-12(8-18-13)15(16)17/h4-8H,1-3H3,(H3,16,17). The van der Waals surface area contributed by atoms with Crippen LogP contribution in [0.15, 0.2) is 30.5 Å². The molecule has 4 nitrogen and oxygen atoms in total. The lowest BCUT2D eigenvalue weighted by Crippen LogP contribution is -2.11. The van der Waals surface area contributed by atoms with Gasteiger partial charge < -0.3 is 10.5 Å². The van der Waals surface area contributed by atoms with Crippen molar-refractivity contribution in [3.05, 3.63) is 52.7 Å². The highest BCUT2D eigenvalue weighted by Gasteiger charge is 2.08. The van der Waals surface area contributed by atoms with Gasteiger partial charge in [-0.2, -0.15) is 0 Å². The predicted octanol–water partition coefficient (Wildman–Crippen LogP) is 3.08. The van der Waals surface area contributed by atoms with Crippen molar-refractivity contribution < 1.29 is 4.74 Å². The van der Waals surface area contributed by atoms with E-state index in [0.29, 0.717) is 11.4 Å². The molecule has 2 aromatic rings. The number of hydrogen-bond donors (Lipinski definition) is 2. The third-order valence-corrected chi connectivity index (χ3v) is 3.13. The first kappa shape index (κ1) is 13.1. The number of pyridine rings is 1. The fraction of sp³-hybridized carbons (Fsp3) is 0.200. The monoisotopic (exact) mass is 255 g/mol. The zero-order valence-corrected chi connectivity index (χ0v) is 11.3. The van der Waals surface area contributed by atoms with Crippen molar-refractivity contribution >= 4 is 5.84 Å². The van der Waals surface area contributed by atoms with Crippen LogP contribution in [0.5, 0.6) is 11.6 Å². The lowest BCUT2D eigenvalue weighted by Gasteiger charge is -2.13. The number of nitrogens with two attached hydrogens (primary N) is 1. The number of nitrogens with one attached hydrogen (secondary N) is 1. The first-order chi connectivity index (χ1) is 8.99. The van der Waals surface area contributed by atoms with Crippen molar-refractivity contribution in [2.24, 2.45) is 5.73 Å². The molecule has 0 unspecified atom stereocenters. The lowest BCUT2D eigenvalue weighted by atomic mass is 10.1.